The van der Waals surface area contributed by atoms with Gasteiger partial charge < -0.3 is 29.9 Å². The van der Waals surface area contributed by atoms with Gasteiger partial charge in [0.2, 0.25) is 6.29 Å². The van der Waals surface area contributed by atoms with Crippen LogP contribution in [0.5, 0.6) is 5.75 Å². The first-order valence-electron chi connectivity index (χ1n) is 7.07. The molecule has 1 fully saturated rings. The largest absolute Gasteiger partial charge is 0.461 e. The summed E-state index contributed by atoms with van der Waals surface area (Å²) in [7, 11) is 0. The van der Waals surface area contributed by atoms with Crippen LogP contribution in [0.3, 0.4) is 0 Å². The van der Waals surface area contributed by atoms with Crippen LogP contribution in [0.1, 0.15) is 0 Å². The van der Waals surface area contributed by atoms with Gasteiger partial charge in [-0.05, 0) is 11.5 Å². The summed E-state index contributed by atoms with van der Waals surface area (Å²) in [6.07, 6.45) is -6.44. The third-order valence-corrected chi connectivity index (χ3v) is 3.84. The summed E-state index contributed by atoms with van der Waals surface area (Å²) in [6, 6.07) is 13.0. The van der Waals surface area contributed by atoms with Gasteiger partial charge in [-0.15, -0.1) is 0 Å². The molecule has 0 spiro atoms. The standard InChI is InChI=1S/C16H18O6/c17-8-12-13(18)14(19)15(20)16(22-12)21-11-7-3-5-9-4-1-2-6-10(9)11/h1-7,12-20H,8H2/t12-,13-,14+,15-,16-/m0/s1. The number of ether oxygens (including phenoxy) is 2. The number of aliphatic hydroxyl groups is 4. The maximum absolute atomic E-state index is 10.0. The van der Waals surface area contributed by atoms with E-state index >= 15 is 0 Å². The molecule has 2 aromatic carbocycles. The van der Waals surface area contributed by atoms with Crippen LogP contribution in [-0.2, 0) is 4.74 Å². The predicted octanol–water partition coefficient (Wildman–Crippen LogP) is 0.0185. The highest BCUT2D eigenvalue weighted by atomic mass is 16.7. The summed E-state index contributed by atoms with van der Waals surface area (Å²) < 4.78 is 11.0. The molecule has 0 aromatic heterocycles. The van der Waals surface area contributed by atoms with Crippen LogP contribution in [0.15, 0.2) is 42.5 Å². The average Bonchev–Trinajstić information content (AvgIpc) is 2.55. The average molecular weight is 306 g/mol. The lowest BCUT2D eigenvalue weighted by Gasteiger charge is -2.39. The fraction of sp³-hybridized carbons (Fsp3) is 0.375. The molecule has 6 nitrogen and oxygen atoms in total. The van der Waals surface area contributed by atoms with Gasteiger partial charge in [0.25, 0.3) is 0 Å². The van der Waals surface area contributed by atoms with E-state index in [-0.39, 0.29) is 0 Å². The Kier molecular flexibility index (Phi) is 4.28. The van der Waals surface area contributed by atoms with Crippen molar-refractivity contribution in [1.29, 1.82) is 0 Å². The first kappa shape index (κ1) is 15.2. The number of aliphatic hydroxyl groups excluding tert-OH is 4. The monoisotopic (exact) mass is 306 g/mol. The van der Waals surface area contributed by atoms with Crippen molar-refractivity contribution in [2.75, 3.05) is 6.61 Å². The molecule has 0 unspecified atom stereocenters. The fourth-order valence-corrected chi connectivity index (χ4v) is 2.59. The molecule has 1 saturated heterocycles. The zero-order valence-corrected chi connectivity index (χ0v) is 11.7. The SMILES string of the molecule is OC[C@@H]1O[C@H](Oc2cccc3ccccc23)[C@@H](O)[C@H](O)[C@H]1O. The summed E-state index contributed by atoms with van der Waals surface area (Å²) in [5.41, 5.74) is 0. The van der Waals surface area contributed by atoms with Crippen molar-refractivity contribution < 1.29 is 29.9 Å². The Morgan fingerprint density at radius 2 is 1.64 bits per heavy atom. The van der Waals surface area contributed by atoms with Crippen LogP contribution in [-0.4, -0.2) is 57.7 Å². The molecule has 5 atom stereocenters. The molecule has 118 valence electrons. The highest BCUT2D eigenvalue weighted by Gasteiger charge is 2.44. The molecule has 1 aliphatic rings. The van der Waals surface area contributed by atoms with Gasteiger partial charge >= 0.3 is 0 Å². The summed E-state index contributed by atoms with van der Waals surface area (Å²) in [5.74, 6) is 0.488. The van der Waals surface area contributed by atoms with Gasteiger partial charge in [0, 0.05) is 5.39 Å². The second-order valence-corrected chi connectivity index (χ2v) is 5.29. The minimum atomic E-state index is -1.45. The zero-order valence-electron chi connectivity index (χ0n) is 11.7. The van der Waals surface area contributed by atoms with Crippen LogP contribution in [0.4, 0.5) is 0 Å². The molecule has 0 bridgehead atoms. The Morgan fingerprint density at radius 3 is 2.41 bits per heavy atom. The molecule has 3 rings (SSSR count). The Hall–Kier alpha value is -1.70. The molecular weight excluding hydrogens is 288 g/mol. The van der Waals surface area contributed by atoms with E-state index in [4.69, 9.17) is 9.47 Å². The van der Waals surface area contributed by atoms with E-state index in [2.05, 4.69) is 0 Å². The van der Waals surface area contributed by atoms with E-state index in [9.17, 15) is 20.4 Å². The summed E-state index contributed by atoms with van der Waals surface area (Å²) in [5, 5.41) is 40.5. The lowest BCUT2D eigenvalue weighted by Crippen LogP contribution is -2.60. The smallest absolute Gasteiger partial charge is 0.229 e. The van der Waals surface area contributed by atoms with Gasteiger partial charge in [-0.25, -0.2) is 0 Å². The Balaban J connectivity index is 1.87. The first-order chi connectivity index (χ1) is 10.6. The van der Waals surface area contributed by atoms with Gasteiger partial charge in [-0.1, -0.05) is 36.4 Å². The normalized spacial score (nSPS) is 32.1. The Bertz CT molecular complexity index is 638. The molecule has 6 heteroatoms. The molecule has 22 heavy (non-hydrogen) atoms. The second kappa shape index (κ2) is 6.20. The number of hydrogen-bond acceptors (Lipinski definition) is 6. The molecule has 1 heterocycles. The van der Waals surface area contributed by atoms with Crippen molar-refractivity contribution >= 4 is 10.8 Å². The lowest BCUT2D eigenvalue weighted by atomic mass is 9.99. The van der Waals surface area contributed by atoms with Crippen molar-refractivity contribution in [1.82, 2.24) is 0 Å². The minimum Gasteiger partial charge on any atom is -0.461 e. The van der Waals surface area contributed by atoms with Crippen molar-refractivity contribution in [2.24, 2.45) is 0 Å². The topological polar surface area (TPSA) is 99.4 Å². The third kappa shape index (κ3) is 2.67. The van der Waals surface area contributed by atoms with E-state index in [0.29, 0.717) is 5.75 Å². The van der Waals surface area contributed by atoms with Crippen LogP contribution >= 0.6 is 0 Å². The van der Waals surface area contributed by atoms with E-state index in [1.165, 1.54) is 0 Å². The highest BCUT2D eigenvalue weighted by molar-refractivity contribution is 5.88. The molecular formula is C16H18O6. The maximum Gasteiger partial charge on any atom is 0.229 e. The van der Waals surface area contributed by atoms with Gasteiger partial charge in [-0.2, -0.15) is 0 Å². The number of fused-ring (bicyclic) bond motifs is 1. The van der Waals surface area contributed by atoms with E-state index in [0.717, 1.165) is 10.8 Å². The quantitative estimate of drug-likeness (QED) is 0.638. The maximum atomic E-state index is 10.0. The molecule has 2 aromatic rings. The Labute approximate surface area is 127 Å². The van der Waals surface area contributed by atoms with Gasteiger partial charge in [-0.3, -0.25) is 0 Å². The first-order valence-corrected chi connectivity index (χ1v) is 7.07. The van der Waals surface area contributed by atoms with Crippen LogP contribution in [0.25, 0.3) is 10.8 Å². The third-order valence-electron chi connectivity index (χ3n) is 3.84. The molecule has 0 saturated carbocycles. The molecule has 0 amide bonds. The van der Waals surface area contributed by atoms with E-state index in [1.807, 2.05) is 36.4 Å². The number of hydrogen-bond donors (Lipinski definition) is 4. The van der Waals surface area contributed by atoms with Crippen molar-refractivity contribution in [3.63, 3.8) is 0 Å². The van der Waals surface area contributed by atoms with Gasteiger partial charge in [0.15, 0.2) is 0 Å². The van der Waals surface area contributed by atoms with Crippen LogP contribution in [0.2, 0.25) is 0 Å². The Morgan fingerprint density at radius 1 is 0.909 bits per heavy atom. The van der Waals surface area contributed by atoms with Crippen LogP contribution in [0, 0.1) is 0 Å². The summed E-state index contributed by atoms with van der Waals surface area (Å²) in [4.78, 5) is 0. The van der Waals surface area contributed by atoms with Crippen molar-refractivity contribution in [3.8, 4) is 5.75 Å². The van der Waals surface area contributed by atoms with E-state index < -0.39 is 37.3 Å². The fourth-order valence-electron chi connectivity index (χ4n) is 2.59. The summed E-state index contributed by atoms with van der Waals surface area (Å²) >= 11 is 0. The second-order valence-electron chi connectivity index (χ2n) is 5.29. The summed E-state index contributed by atoms with van der Waals surface area (Å²) in [6.45, 7) is -0.486. The van der Waals surface area contributed by atoms with Crippen molar-refractivity contribution in [2.45, 2.75) is 30.7 Å². The zero-order chi connectivity index (χ0) is 15.7. The number of benzene rings is 2. The van der Waals surface area contributed by atoms with Gasteiger partial charge in [0.1, 0.15) is 30.2 Å². The van der Waals surface area contributed by atoms with Crippen LogP contribution < -0.4 is 4.74 Å². The number of rotatable bonds is 3. The predicted molar refractivity (Wildman–Crippen MR) is 78.3 cm³/mol. The van der Waals surface area contributed by atoms with Gasteiger partial charge in [0.05, 0.1) is 6.61 Å². The molecule has 0 aliphatic carbocycles. The van der Waals surface area contributed by atoms with E-state index in [1.54, 1.807) is 6.07 Å². The minimum absolute atomic E-state index is 0.486. The molecule has 1 aliphatic heterocycles. The lowest BCUT2D eigenvalue weighted by molar-refractivity contribution is -0.277. The highest BCUT2D eigenvalue weighted by Crippen LogP contribution is 2.29. The van der Waals surface area contributed by atoms with Crippen molar-refractivity contribution in [3.05, 3.63) is 42.5 Å². The molecule has 4 N–H and O–H groups in total. The molecule has 0 radical (unpaired) electrons.